The number of Topliss-reactive ketones (excluding diaryl/α,β-unsaturated/α-hetero) is 1. The fraction of sp³-hybridized carbons (Fsp3) is 0.500. The van der Waals surface area contributed by atoms with Gasteiger partial charge in [0.2, 0.25) is 0 Å². The molecule has 1 aromatic carbocycles. The van der Waals surface area contributed by atoms with Gasteiger partial charge >= 0.3 is 0 Å². The van der Waals surface area contributed by atoms with Crippen LogP contribution in [0.25, 0.3) is 0 Å². The van der Waals surface area contributed by atoms with Crippen LogP contribution < -0.4 is 5.73 Å². The van der Waals surface area contributed by atoms with Crippen LogP contribution in [0.5, 0.6) is 0 Å². The van der Waals surface area contributed by atoms with Gasteiger partial charge in [0.05, 0.1) is 19.3 Å². The second-order valence-electron chi connectivity index (χ2n) is 4.52. The molecule has 0 saturated carbocycles. The predicted molar refractivity (Wildman–Crippen MR) is 68.5 cm³/mol. The molecule has 0 aromatic heterocycles. The minimum Gasteiger partial charge on any atom is -0.376 e. The van der Waals surface area contributed by atoms with Gasteiger partial charge in [0, 0.05) is 6.42 Å². The molecule has 0 fully saturated rings. The molecule has 0 aliphatic rings. The average molecular weight is 235 g/mol. The van der Waals surface area contributed by atoms with E-state index >= 15 is 0 Å². The van der Waals surface area contributed by atoms with Crippen molar-refractivity contribution in [3.05, 3.63) is 35.9 Å². The first-order valence-corrected chi connectivity index (χ1v) is 6.01. The smallest absolute Gasteiger partial charge is 0.152 e. The first-order chi connectivity index (χ1) is 8.11. The summed E-state index contributed by atoms with van der Waals surface area (Å²) in [5.41, 5.74) is 6.87. The standard InChI is InChI=1S/C14H21NO2/c1-11(2)14(15)13(16)8-9-17-10-12-6-4-3-5-7-12/h3-7,11,14H,8-10,15H2,1-2H3. The van der Waals surface area contributed by atoms with Crippen LogP contribution in [0.2, 0.25) is 0 Å². The summed E-state index contributed by atoms with van der Waals surface area (Å²) >= 11 is 0. The van der Waals surface area contributed by atoms with E-state index in [9.17, 15) is 4.79 Å². The van der Waals surface area contributed by atoms with E-state index in [1.165, 1.54) is 0 Å². The summed E-state index contributed by atoms with van der Waals surface area (Å²) in [6, 6.07) is 9.55. The largest absolute Gasteiger partial charge is 0.376 e. The molecule has 1 unspecified atom stereocenters. The van der Waals surface area contributed by atoms with Gasteiger partial charge in [0.1, 0.15) is 0 Å². The minimum atomic E-state index is -0.365. The summed E-state index contributed by atoms with van der Waals surface area (Å²) < 4.78 is 5.44. The Morgan fingerprint density at radius 3 is 2.53 bits per heavy atom. The van der Waals surface area contributed by atoms with Gasteiger partial charge in [-0.2, -0.15) is 0 Å². The Labute approximate surface area is 103 Å². The maximum Gasteiger partial charge on any atom is 0.152 e. The number of carbonyl (C=O) groups excluding carboxylic acids is 1. The normalized spacial score (nSPS) is 12.7. The molecule has 0 saturated heterocycles. The van der Waals surface area contributed by atoms with Crippen molar-refractivity contribution in [2.24, 2.45) is 11.7 Å². The first kappa shape index (κ1) is 13.9. The number of hydrogen-bond acceptors (Lipinski definition) is 3. The van der Waals surface area contributed by atoms with Crippen LogP contribution in [0, 0.1) is 5.92 Å². The number of hydrogen-bond donors (Lipinski definition) is 1. The molecule has 0 spiro atoms. The minimum absolute atomic E-state index is 0.0769. The third-order valence-electron chi connectivity index (χ3n) is 2.69. The summed E-state index contributed by atoms with van der Waals surface area (Å²) in [5, 5.41) is 0. The Balaban J connectivity index is 2.18. The molecule has 0 amide bonds. The van der Waals surface area contributed by atoms with Crippen LogP contribution in [0.1, 0.15) is 25.8 Å². The monoisotopic (exact) mass is 235 g/mol. The lowest BCUT2D eigenvalue weighted by molar-refractivity contribution is -0.122. The quantitative estimate of drug-likeness (QED) is 0.737. The average Bonchev–Trinajstić information content (AvgIpc) is 2.34. The lowest BCUT2D eigenvalue weighted by Gasteiger charge is -2.13. The van der Waals surface area contributed by atoms with Crippen LogP contribution in [0.4, 0.5) is 0 Å². The van der Waals surface area contributed by atoms with Gasteiger partial charge in [-0.3, -0.25) is 4.79 Å². The van der Waals surface area contributed by atoms with Crippen LogP contribution in [0.3, 0.4) is 0 Å². The van der Waals surface area contributed by atoms with Crippen LogP contribution >= 0.6 is 0 Å². The van der Waals surface area contributed by atoms with E-state index in [1.54, 1.807) is 0 Å². The highest BCUT2D eigenvalue weighted by Crippen LogP contribution is 2.04. The molecule has 0 heterocycles. The van der Waals surface area contributed by atoms with Gasteiger partial charge in [-0.15, -0.1) is 0 Å². The number of ketones is 1. The molecule has 0 aliphatic heterocycles. The first-order valence-electron chi connectivity index (χ1n) is 6.01. The van der Waals surface area contributed by atoms with Crippen LogP contribution in [0.15, 0.2) is 30.3 Å². The molecule has 2 N–H and O–H groups in total. The zero-order chi connectivity index (χ0) is 12.7. The van der Waals surface area contributed by atoms with Crippen molar-refractivity contribution in [1.82, 2.24) is 0 Å². The van der Waals surface area contributed by atoms with E-state index in [4.69, 9.17) is 10.5 Å². The molecule has 1 aromatic rings. The third kappa shape index (κ3) is 5.11. The molecule has 94 valence electrons. The Bertz CT molecular complexity index is 335. The number of rotatable bonds is 7. The number of benzene rings is 1. The Kier molecular flexibility index (Phi) is 5.87. The van der Waals surface area contributed by atoms with Gasteiger partial charge in [-0.1, -0.05) is 44.2 Å². The molecule has 3 nitrogen and oxygen atoms in total. The van der Waals surface area contributed by atoms with Crippen molar-refractivity contribution >= 4 is 5.78 Å². The van der Waals surface area contributed by atoms with Gasteiger partial charge in [-0.05, 0) is 11.5 Å². The number of nitrogens with two attached hydrogens (primary N) is 1. The van der Waals surface area contributed by atoms with E-state index in [2.05, 4.69) is 0 Å². The van der Waals surface area contributed by atoms with Crippen molar-refractivity contribution in [2.75, 3.05) is 6.61 Å². The molecule has 0 bridgehead atoms. The van der Waals surface area contributed by atoms with Crippen LogP contribution in [-0.4, -0.2) is 18.4 Å². The third-order valence-corrected chi connectivity index (χ3v) is 2.69. The van der Waals surface area contributed by atoms with Crippen LogP contribution in [-0.2, 0) is 16.1 Å². The van der Waals surface area contributed by atoms with E-state index in [0.29, 0.717) is 19.6 Å². The van der Waals surface area contributed by atoms with Gasteiger partial charge in [0.15, 0.2) is 5.78 Å². The summed E-state index contributed by atoms with van der Waals surface area (Å²) in [6.45, 7) is 4.89. The van der Waals surface area contributed by atoms with E-state index in [0.717, 1.165) is 5.56 Å². The summed E-state index contributed by atoms with van der Waals surface area (Å²) in [7, 11) is 0. The topological polar surface area (TPSA) is 52.3 Å². The molecular formula is C14H21NO2. The highest BCUT2D eigenvalue weighted by Gasteiger charge is 2.16. The number of carbonyl (C=O) groups is 1. The Hall–Kier alpha value is -1.19. The second kappa shape index (κ2) is 7.20. The Morgan fingerprint density at radius 1 is 1.29 bits per heavy atom. The maximum absolute atomic E-state index is 11.6. The van der Waals surface area contributed by atoms with E-state index in [1.807, 2.05) is 44.2 Å². The van der Waals surface area contributed by atoms with E-state index in [-0.39, 0.29) is 17.7 Å². The Morgan fingerprint density at radius 2 is 1.94 bits per heavy atom. The van der Waals surface area contributed by atoms with Crippen molar-refractivity contribution < 1.29 is 9.53 Å². The molecule has 0 aliphatic carbocycles. The molecule has 1 rings (SSSR count). The zero-order valence-electron chi connectivity index (χ0n) is 10.6. The number of ether oxygens (including phenoxy) is 1. The fourth-order valence-corrected chi connectivity index (χ4v) is 1.48. The SMILES string of the molecule is CC(C)C(N)C(=O)CCOCc1ccccc1. The lowest BCUT2D eigenvalue weighted by Crippen LogP contribution is -2.36. The second-order valence-corrected chi connectivity index (χ2v) is 4.52. The van der Waals surface area contributed by atoms with Crippen molar-refractivity contribution in [2.45, 2.75) is 32.9 Å². The highest BCUT2D eigenvalue weighted by atomic mass is 16.5. The molecular weight excluding hydrogens is 214 g/mol. The van der Waals surface area contributed by atoms with E-state index < -0.39 is 0 Å². The maximum atomic E-state index is 11.6. The van der Waals surface area contributed by atoms with Gasteiger partial charge in [-0.25, -0.2) is 0 Å². The predicted octanol–water partition coefficient (Wildman–Crippen LogP) is 2.15. The molecule has 17 heavy (non-hydrogen) atoms. The molecule has 0 radical (unpaired) electrons. The summed E-state index contributed by atoms with van der Waals surface area (Å²) in [5.74, 6) is 0.268. The van der Waals surface area contributed by atoms with Crippen molar-refractivity contribution in [3.8, 4) is 0 Å². The van der Waals surface area contributed by atoms with Gasteiger partial charge < -0.3 is 10.5 Å². The molecule has 3 heteroatoms. The van der Waals surface area contributed by atoms with Crippen molar-refractivity contribution in [1.29, 1.82) is 0 Å². The molecule has 1 atom stereocenters. The lowest BCUT2D eigenvalue weighted by atomic mass is 9.99. The van der Waals surface area contributed by atoms with Gasteiger partial charge in [0.25, 0.3) is 0 Å². The highest BCUT2D eigenvalue weighted by molar-refractivity contribution is 5.84. The summed E-state index contributed by atoms with van der Waals surface area (Å²) in [6.07, 6.45) is 0.395. The fourth-order valence-electron chi connectivity index (χ4n) is 1.48. The van der Waals surface area contributed by atoms with Crippen molar-refractivity contribution in [3.63, 3.8) is 0 Å². The zero-order valence-corrected chi connectivity index (χ0v) is 10.6. The summed E-state index contributed by atoms with van der Waals surface area (Å²) in [4.78, 5) is 11.6.